The lowest BCUT2D eigenvalue weighted by Crippen LogP contribution is -2.34. The van der Waals surface area contributed by atoms with Gasteiger partial charge < -0.3 is 25.2 Å². The largest absolute Gasteiger partial charge is 0.480 e. The van der Waals surface area contributed by atoms with E-state index in [0.717, 1.165) is 39.0 Å². The van der Waals surface area contributed by atoms with E-state index in [1.54, 1.807) is 0 Å². The summed E-state index contributed by atoms with van der Waals surface area (Å²) < 4.78 is 31.2. The highest BCUT2D eigenvalue weighted by Crippen LogP contribution is 2.43. The molecule has 0 spiro atoms. The van der Waals surface area contributed by atoms with Crippen LogP contribution in [0.1, 0.15) is 65.2 Å². The van der Waals surface area contributed by atoms with Crippen molar-refractivity contribution in [3.05, 3.63) is 60.8 Å². The van der Waals surface area contributed by atoms with Crippen molar-refractivity contribution in [2.45, 2.75) is 77.4 Å². The summed E-state index contributed by atoms with van der Waals surface area (Å²) in [5, 5.41) is 8.70. The molecule has 0 saturated heterocycles. The number of hydrogen-bond acceptors (Lipinski definition) is 9. The zero-order valence-electron chi connectivity index (χ0n) is 23.4. The van der Waals surface area contributed by atoms with Gasteiger partial charge in [-0.15, -0.1) is 0 Å². The number of aliphatic carboxylic acids is 1. The molecule has 0 aliphatic heterocycles. The van der Waals surface area contributed by atoms with Crippen molar-refractivity contribution < 1.29 is 47.5 Å². The van der Waals surface area contributed by atoms with Crippen molar-refractivity contribution in [3.8, 4) is 0 Å². The van der Waals surface area contributed by atoms with Gasteiger partial charge >= 0.3 is 25.7 Å². The van der Waals surface area contributed by atoms with Gasteiger partial charge in [0.2, 0.25) is 0 Å². The average Bonchev–Trinajstić information content (AvgIpc) is 2.90. The highest BCUT2D eigenvalue weighted by atomic mass is 31.2. The molecule has 4 N–H and O–H groups in total. The van der Waals surface area contributed by atoms with Crippen molar-refractivity contribution in [3.63, 3.8) is 0 Å². The van der Waals surface area contributed by atoms with E-state index in [-0.39, 0.29) is 6.42 Å². The Balaban J connectivity index is 4.26. The number of carboxylic acid groups (broad SMARTS) is 1. The number of nitrogens with two attached hydrogens (primary N) is 1. The van der Waals surface area contributed by atoms with E-state index in [9.17, 15) is 23.8 Å². The van der Waals surface area contributed by atoms with Crippen LogP contribution in [0, 0.1) is 0 Å². The molecule has 0 bridgehead atoms. The minimum absolute atomic E-state index is 0.0750. The van der Waals surface area contributed by atoms with Gasteiger partial charge in [-0.3, -0.25) is 23.4 Å². The summed E-state index contributed by atoms with van der Waals surface area (Å²) in [6.07, 6.45) is 25.7. The van der Waals surface area contributed by atoms with Crippen LogP contribution in [0.25, 0.3) is 0 Å². The molecule has 0 saturated carbocycles. The number of phosphoric ester groups is 1. The molecule has 0 amide bonds. The third kappa shape index (κ3) is 24.2. The van der Waals surface area contributed by atoms with Crippen molar-refractivity contribution in [1.29, 1.82) is 0 Å². The van der Waals surface area contributed by atoms with Gasteiger partial charge in [0.1, 0.15) is 12.6 Å². The Labute approximate surface area is 237 Å². The van der Waals surface area contributed by atoms with Gasteiger partial charge in [0.15, 0.2) is 6.10 Å². The fourth-order valence-electron chi connectivity index (χ4n) is 2.76. The average molecular weight is 586 g/mol. The van der Waals surface area contributed by atoms with Gasteiger partial charge in [0, 0.05) is 13.3 Å². The molecule has 12 heteroatoms. The molecule has 40 heavy (non-hydrogen) atoms. The third-order valence-electron chi connectivity index (χ3n) is 4.84. The van der Waals surface area contributed by atoms with E-state index in [4.69, 9.17) is 24.8 Å². The normalized spacial score (nSPS) is 15.3. The molecule has 226 valence electrons. The lowest BCUT2D eigenvalue weighted by atomic mass is 10.2. The molecule has 0 aromatic carbocycles. The third-order valence-corrected chi connectivity index (χ3v) is 5.79. The predicted molar refractivity (Wildman–Crippen MR) is 152 cm³/mol. The van der Waals surface area contributed by atoms with Crippen molar-refractivity contribution in [2.75, 3.05) is 19.8 Å². The topological polar surface area (TPSA) is 172 Å². The molecule has 0 radical (unpaired) electrons. The minimum atomic E-state index is -4.68. The number of allylic oxidation sites excluding steroid dienone is 10. The maximum atomic E-state index is 12.2. The maximum absolute atomic E-state index is 12.2. The van der Waals surface area contributed by atoms with E-state index in [1.165, 1.54) is 0 Å². The molecule has 0 aliphatic carbocycles. The Morgan fingerprint density at radius 3 is 1.82 bits per heavy atom. The Kier molecular flexibility index (Phi) is 22.3. The van der Waals surface area contributed by atoms with Crippen LogP contribution in [0.5, 0.6) is 0 Å². The first kappa shape index (κ1) is 37.2. The Bertz CT molecular complexity index is 926. The molecular weight excluding hydrogens is 541 g/mol. The van der Waals surface area contributed by atoms with E-state index >= 15 is 0 Å². The molecular formula is C28H44NO10P. The molecule has 3 unspecified atom stereocenters. The van der Waals surface area contributed by atoms with Gasteiger partial charge in [-0.1, -0.05) is 67.7 Å². The smallest absolute Gasteiger partial charge is 0.472 e. The summed E-state index contributed by atoms with van der Waals surface area (Å²) >= 11 is 0. The zero-order chi connectivity index (χ0) is 30.1. The molecule has 3 atom stereocenters. The minimum Gasteiger partial charge on any atom is -0.480 e. The first-order valence-electron chi connectivity index (χ1n) is 13.3. The molecule has 0 fully saturated rings. The van der Waals surface area contributed by atoms with Crippen molar-refractivity contribution in [2.24, 2.45) is 5.73 Å². The van der Waals surface area contributed by atoms with Crippen LogP contribution in [-0.4, -0.2) is 59.9 Å². The second kappa shape index (κ2) is 24.0. The summed E-state index contributed by atoms with van der Waals surface area (Å²) in [4.78, 5) is 43.6. The number of rotatable bonds is 23. The van der Waals surface area contributed by atoms with Crippen LogP contribution >= 0.6 is 7.82 Å². The Morgan fingerprint density at radius 2 is 1.32 bits per heavy atom. The summed E-state index contributed by atoms with van der Waals surface area (Å²) in [5.74, 6) is -2.67. The van der Waals surface area contributed by atoms with Gasteiger partial charge in [-0.2, -0.15) is 0 Å². The van der Waals surface area contributed by atoms with Gasteiger partial charge in [-0.05, 0) is 44.9 Å². The first-order chi connectivity index (χ1) is 19.1. The van der Waals surface area contributed by atoms with Crippen LogP contribution < -0.4 is 5.73 Å². The molecule has 0 aliphatic rings. The molecule has 0 aromatic rings. The number of esters is 2. The van der Waals surface area contributed by atoms with Gasteiger partial charge in [0.25, 0.3) is 0 Å². The standard InChI is InChI=1S/C28H44NO10P/c1-3-4-5-6-7-8-9-10-11-12-13-14-15-16-17-18-19-20-27(31)39-25(21-36-24(2)30)22-37-40(34,35)38-23-26(29)28(32)33/h4-5,7-8,10-11,13-14,16-17,25-26H,3,6,9,12,15,18-23,29H2,1-2H3,(H,32,33)(H,34,35)/b5-4-,8-7-,11-10-,14-13-,17-16-. The van der Waals surface area contributed by atoms with Crippen LogP contribution in [0.15, 0.2) is 60.8 Å². The van der Waals surface area contributed by atoms with E-state index in [0.29, 0.717) is 12.8 Å². The fourth-order valence-corrected chi connectivity index (χ4v) is 3.54. The maximum Gasteiger partial charge on any atom is 0.472 e. The quantitative estimate of drug-likeness (QED) is 0.0642. The van der Waals surface area contributed by atoms with Crippen molar-refractivity contribution >= 4 is 25.7 Å². The fraction of sp³-hybridized carbons (Fsp3) is 0.536. The van der Waals surface area contributed by atoms with Crippen molar-refractivity contribution in [1.82, 2.24) is 0 Å². The number of hydrogen-bond donors (Lipinski definition) is 3. The number of phosphoric acid groups is 1. The second-order valence-corrected chi connectivity index (χ2v) is 9.97. The van der Waals surface area contributed by atoms with Gasteiger partial charge in [-0.25, -0.2) is 4.57 Å². The number of ether oxygens (including phenoxy) is 2. The molecule has 0 heterocycles. The van der Waals surface area contributed by atoms with Crippen LogP contribution in [0.4, 0.5) is 0 Å². The van der Waals surface area contributed by atoms with Crippen LogP contribution in [-0.2, 0) is 37.5 Å². The predicted octanol–water partition coefficient (Wildman–Crippen LogP) is 4.93. The zero-order valence-corrected chi connectivity index (χ0v) is 24.3. The summed E-state index contributed by atoms with van der Waals surface area (Å²) in [7, 11) is -4.68. The highest BCUT2D eigenvalue weighted by Gasteiger charge is 2.27. The Morgan fingerprint density at radius 1 is 0.825 bits per heavy atom. The number of carbonyl (C=O) groups is 3. The number of carboxylic acids is 1. The first-order valence-corrected chi connectivity index (χ1v) is 14.7. The molecule has 0 aromatic heterocycles. The van der Waals surface area contributed by atoms with E-state index in [1.807, 2.05) is 12.2 Å². The number of carbonyl (C=O) groups excluding carboxylic acids is 2. The molecule has 11 nitrogen and oxygen atoms in total. The monoisotopic (exact) mass is 585 g/mol. The Hall–Kier alpha value is -2.82. The SMILES string of the molecule is CC/C=C\C/C=C\C/C=C\C/C=C\C/C=C\CCCC(=O)OC(COC(C)=O)COP(=O)(O)OCC(N)C(=O)O. The lowest BCUT2D eigenvalue weighted by Gasteiger charge is -2.20. The summed E-state index contributed by atoms with van der Waals surface area (Å²) in [6, 6.07) is -1.53. The van der Waals surface area contributed by atoms with Gasteiger partial charge in [0.05, 0.1) is 13.2 Å². The van der Waals surface area contributed by atoms with Crippen LogP contribution in [0.2, 0.25) is 0 Å². The lowest BCUT2D eigenvalue weighted by molar-refractivity contribution is -0.160. The summed E-state index contributed by atoms with van der Waals surface area (Å²) in [6.45, 7) is 1.48. The molecule has 0 rings (SSSR count). The van der Waals surface area contributed by atoms with E-state index < -0.39 is 57.7 Å². The number of unbranched alkanes of at least 4 members (excludes halogenated alkanes) is 1. The van der Waals surface area contributed by atoms with Crippen LogP contribution in [0.3, 0.4) is 0 Å². The highest BCUT2D eigenvalue weighted by molar-refractivity contribution is 7.47. The summed E-state index contributed by atoms with van der Waals surface area (Å²) in [5.41, 5.74) is 5.21. The van der Waals surface area contributed by atoms with E-state index in [2.05, 4.69) is 60.1 Å². The second-order valence-electron chi connectivity index (χ2n) is 8.52.